The zero-order valence-electron chi connectivity index (χ0n) is 30.0. The van der Waals surface area contributed by atoms with Crippen molar-refractivity contribution in [3.05, 3.63) is 36.0 Å². The highest BCUT2D eigenvalue weighted by molar-refractivity contribution is 6.74. The molecule has 0 saturated carbocycles. The molecule has 0 aromatic rings. The van der Waals surface area contributed by atoms with Gasteiger partial charge in [-0.1, -0.05) is 72.8 Å². The monoisotopic (exact) mass is 650 g/mol. The summed E-state index contributed by atoms with van der Waals surface area (Å²) in [6.45, 7) is 24.8. The van der Waals surface area contributed by atoms with Gasteiger partial charge in [0.05, 0.1) is 24.7 Å². The van der Waals surface area contributed by atoms with Crippen molar-refractivity contribution in [1.29, 1.82) is 0 Å². The molecule has 2 heterocycles. The molecule has 8 nitrogen and oxygen atoms in total. The molecule has 2 rings (SSSR count). The fourth-order valence-corrected chi connectivity index (χ4v) is 7.20. The maximum absolute atomic E-state index is 12.7. The summed E-state index contributed by atoms with van der Waals surface area (Å²) in [6, 6.07) is 0. The van der Waals surface area contributed by atoms with Crippen molar-refractivity contribution in [2.75, 3.05) is 0 Å². The molecule has 0 amide bonds. The van der Waals surface area contributed by atoms with Gasteiger partial charge in [-0.05, 0) is 75.2 Å². The molecule has 0 radical (unpaired) electrons. The number of carbonyl (C=O) groups is 2. The lowest BCUT2D eigenvalue weighted by molar-refractivity contribution is -0.157. The third kappa shape index (κ3) is 12.1. The molecular formula is C36H62O8Si. The Kier molecular flexibility index (Phi) is 14.3. The van der Waals surface area contributed by atoms with Gasteiger partial charge in [0.25, 0.3) is 0 Å². The highest BCUT2D eigenvalue weighted by Gasteiger charge is 2.48. The van der Waals surface area contributed by atoms with Crippen LogP contribution in [0.5, 0.6) is 0 Å². The second kappa shape index (κ2) is 16.4. The lowest BCUT2D eigenvalue weighted by Crippen LogP contribution is -2.46. The summed E-state index contributed by atoms with van der Waals surface area (Å²) in [5.41, 5.74) is -0.559. The van der Waals surface area contributed by atoms with E-state index in [1.807, 2.05) is 32.1 Å². The topological polar surface area (TPSA) is 115 Å². The normalized spacial score (nSPS) is 33.4. The first-order chi connectivity index (χ1) is 20.7. The van der Waals surface area contributed by atoms with E-state index >= 15 is 0 Å². The standard InChI is InChI=1S/C36H62O8Si/c1-13-29(44-45(11,12)35(7,8)9)26(5)34-30(42-34)21-23(2)15-14-16-24(3)33-25(4)17-18-31(41-27(6)37)36(10,40)20-19-28(38)22-32(39)43-33/h14-18,23,25-26,28-31,33-34,38,40H,13,19-22H2,1-12H3/b15-14+,18-17-,24-16+. The second-order valence-corrected chi connectivity index (χ2v) is 20.0. The largest absolute Gasteiger partial charge is 0.457 e. The summed E-state index contributed by atoms with van der Waals surface area (Å²) >= 11 is 0. The van der Waals surface area contributed by atoms with E-state index in [4.69, 9.17) is 18.6 Å². The predicted octanol–water partition coefficient (Wildman–Crippen LogP) is 7.05. The Morgan fingerprint density at radius 1 is 1.22 bits per heavy atom. The number of allylic oxidation sites excluding steroid dienone is 3. The van der Waals surface area contributed by atoms with Gasteiger partial charge in [-0.25, -0.2) is 0 Å². The van der Waals surface area contributed by atoms with Gasteiger partial charge < -0.3 is 28.8 Å². The van der Waals surface area contributed by atoms with Crippen LogP contribution in [0, 0.1) is 17.8 Å². The molecule has 0 spiro atoms. The van der Waals surface area contributed by atoms with E-state index in [1.54, 1.807) is 13.0 Å². The van der Waals surface area contributed by atoms with Crippen LogP contribution in [0.3, 0.4) is 0 Å². The Bertz CT molecular complexity index is 1070. The van der Waals surface area contributed by atoms with Crippen LogP contribution < -0.4 is 0 Å². The van der Waals surface area contributed by atoms with Crippen LogP contribution in [0.4, 0.5) is 0 Å². The van der Waals surface area contributed by atoms with Crippen LogP contribution in [-0.2, 0) is 28.2 Å². The first-order valence-electron chi connectivity index (χ1n) is 16.8. The van der Waals surface area contributed by atoms with E-state index in [2.05, 4.69) is 60.7 Å². The summed E-state index contributed by atoms with van der Waals surface area (Å²) in [4.78, 5) is 24.5. The zero-order valence-corrected chi connectivity index (χ0v) is 31.0. The third-order valence-corrected chi connectivity index (χ3v) is 14.4. The number of aliphatic hydroxyl groups excluding tert-OH is 1. The molecule has 45 heavy (non-hydrogen) atoms. The minimum Gasteiger partial charge on any atom is -0.457 e. The Morgan fingerprint density at radius 3 is 2.44 bits per heavy atom. The summed E-state index contributed by atoms with van der Waals surface area (Å²) in [5.74, 6) is -0.658. The number of esters is 2. The Labute approximate surface area is 273 Å². The van der Waals surface area contributed by atoms with Gasteiger partial charge in [-0.3, -0.25) is 9.59 Å². The molecular weight excluding hydrogens is 588 g/mol. The minimum atomic E-state index is -1.86. The van der Waals surface area contributed by atoms with Gasteiger partial charge in [0.2, 0.25) is 0 Å². The quantitative estimate of drug-likeness (QED) is 0.0804. The van der Waals surface area contributed by atoms with Crippen molar-refractivity contribution >= 4 is 20.3 Å². The fraction of sp³-hybridized carbons (Fsp3) is 0.778. The molecule has 2 aliphatic heterocycles. The molecule has 0 aromatic heterocycles. The molecule has 0 bridgehead atoms. The zero-order chi connectivity index (χ0) is 34.3. The average Bonchev–Trinajstić information content (AvgIpc) is 3.68. The van der Waals surface area contributed by atoms with E-state index in [0.717, 1.165) is 18.4 Å². The third-order valence-electron chi connectivity index (χ3n) is 9.85. The second-order valence-electron chi connectivity index (χ2n) is 15.3. The predicted molar refractivity (Wildman–Crippen MR) is 181 cm³/mol. The number of hydrogen-bond donors (Lipinski definition) is 2. The van der Waals surface area contributed by atoms with Crippen LogP contribution in [0.1, 0.15) is 101 Å². The van der Waals surface area contributed by atoms with Crippen molar-refractivity contribution in [3.63, 3.8) is 0 Å². The molecule has 0 aliphatic carbocycles. The SMILES string of the molecule is CCC(O[Si](C)(C)C(C)(C)C)C(C)C1OC1CC(C)/C=C/C=C(\C)C1OC(=O)CC(O)CCC(C)(O)C(OC(C)=O)/C=C\C1C. The number of ether oxygens (including phenoxy) is 3. The van der Waals surface area contributed by atoms with Crippen molar-refractivity contribution in [2.24, 2.45) is 17.8 Å². The van der Waals surface area contributed by atoms with E-state index < -0.39 is 44.2 Å². The number of aliphatic hydroxyl groups is 2. The number of cyclic esters (lactones) is 1. The number of epoxide rings is 1. The van der Waals surface area contributed by atoms with Crippen molar-refractivity contribution in [3.8, 4) is 0 Å². The summed E-state index contributed by atoms with van der Waals surface area (Å²) in [6.07, 6.45) is 9.74. The molecule has 258 valence electrons. The first-order valence-corrected chi connectivity index (χ1v) is 19.7. The number of carbonyl (C=O) groups excluding carboxylic acids is 2. The molecule has 0 aromatic carbocycles. The molecule has 2 aliphatic rings. The molecule has 2 N–H and O–H groups in total. The van der Waals surface area contributed by atoms with Crippen LogP contribution in [0.25, 0.3) is 0 Å². The van der Waals surface area contributed by atoms with Gasteiger partial charge >= 0.3 is 11.9 Å². The van der Waals surface area contributed by atoms with Crippen molar-refractivity contribution in [1.82, 2.24) is 0 Å². The van der Waals surface area contributed by atoms with Gasteiger partial charge in [0, 0.05) is 24.9 Å². The highest BCUT2D eigenvalue weighted by Crippen LogP contribution is 2.42. The van der Waals surface area contributed by atoms with Crippen LogP contribution in [0.15, 0.2) is 36.0 Å². The Morgan fingerprint density at radius 2 is 1.87 bits per heavy atom. The van der Waals surface area contributed by atoms with E-state index in [-0.39, 0.29) is 54.4 Å². The lowest BCUT2D eigenvalue weighted by Gasteiger charge is -2.40. The fourth-order valence-electron chi connectivity index (χ4n) is 5.70. The smallest absolute Gasteiger partial charge is 0.309 e. The Hall–Kier alpha value is -1.78. The molecule has 9 heteroatoms. The van der Waals surface area contributed by atoms with Crippen molar-refractivity contribution < 1.29 is 38.4 Å². The minimum absolute atomic E-state index is 0.152. The van der Waals surface area contributed by atoms with E-state index in [9.17, 15) is 19.8 Å². The number of hydrogen-bond acceptors (Lipinski definition) is 8. The van der Waals surface area contributed by atoms with Crippen LogP contribution in [0.2, 0.25) is 18.1 Å². The number of rotatable bonds is 11. The maximum Gasteiger partial charge on any atom is 0.309 e. The molecule has 10 unspecified atom stereocenters. The van der Waals surface area contributed by atoms with E-state index in [1.165, 1.54) is 6.92 Å². The first kappa shape index (κ1) is 39.4. The van der Waals surface area contributed by atoms with Gasteiger partial charge in [0.1, 0.15) is 17.8 Å². The Balaban J connectivity index is 2.09. The summed E-state index contributed by atoms with van der Waals surface area (Å²) < 4.78 is 24.2. The molecule has 10 atom stereocenters. The maximum atomic E-state index is 12.7. The van der Waals surface area contributed by atoms with E-state index in [0.29, 0.717) is 5.92 Å². The summed E-state index contributed by atoms with van der Waals surface area (Å²) in [7, 11) is -1.86. The average molecular weight is 651 g/mol. The van der Waals surface area contributed by atoms with Gasteiger partial charge in [0.15, 0.2) is 8.32 Å². The van der Waals surface area contributed by atoms with Crippen LogP contribution >= 0.6 is 0 Å². The lowest BCUT2D eigenvalue weighted by atomic mass is 9.88. The van der Waals surface area contributed by atoms with Crippen LogP contribution in [-0.4, -0.2) is 72.7 Å². The molecule has 1 fully saturated rings. The van der Waals surface area contributed by atoms with Gasteiger partial charge in [-0.15, -0.1) is 0 Å². The summed E-state index contributed by atoms with van der Waals surface area (Å²) in [5, 5.41) is 21.6. The molecule has 1 saturated heterocycles. The van der Waals surface area contributed by atoms with Crippen molar-refractivity contribution in [2.45, 2.75) is 162 Å². The highest BCUT2D eigenvalue weighted by atomic mass is 28.4. The van der Waals surface area contributed by atoms with Gasteiger partial charge in [-0.2, -0.15) is 0 Å².